The van der Waals surface area contributed by atoms with Crippen molar-refractivity contribution in [1.29, 1.82) is 0 Å². The highest BCUT2D eigenvalue weighted by Gasteiger charge is 2.25. The minimum atomic E-state index is -3.96. The predicted octanol–water partition coefficient (Wildman–Crippen LogP) is 0.482. The van der Waals surface area contributed by atoms with Crippen LogP contribution in [0.1, 0.15) is 13.8 Å². The number of aromatic nitrogens is 1. The normalized spacial score (nSPS) is 13.9. The molecule has 0 radical (unpaired) electrons. The van der Waals surface area contributed by atoms with Gasteiger partial charge in [0.15, 0.2) is 5.82 Å². The maximum absolute atomic E-state index is 13.3. The van der Waals surface area contributed by atoms with Crippen molar-refractivity contribution >= 4 is 10.0 Å². The Kier molecular flexibility index (Phi) is 4.55. The molecule has 0 fully saturated rings. The lowest BCUT2D eigenvalue weighted by Crippen LogP contribution is -2.44. The number of rotatable bonds is 5. The Morgan fingerprint density at radius 1 is 1.53 bits per heavy atom. The van der Waals surface area contributed by atoms with Gasteiger partial charge < -0.3 is 5.73 Å². The topological polar surface area (TPSA) is 85.1 Å². The highest BCUT2D eigenvalue weighted by Crippen LogP contribution is 2.12. The van der Waals surface area contributed by atoms with Crippen LogP contribution in [0.25, 0.3) is 0 Å². The molecule has 5 nitrogen and oxygen atoms in total. The second-order valence-electron chi connectivity index (χ2n) is 4.00. The summed E-state index contributed by atoms with van der Waals surface area (Å²) in [5.41, 5.74) is 5.46. The molecule has 0 aliphatic carbocycles. The van der Waals surface area contributed by atoms with Crippen LogP contribution in [0.3, 0.4) is 0 Å². The summed E-state index contributed by atoms with van der Waals surface area (Å²) < 4.78 is 39.4. The van der Waals surface area contributed by atoms with Gasteiger partial charge in [-0.05, 0) is 18.1 Å². The molecule has 96 valence electrons. The molecule has 17 heavy (non-hydrogen) atoms. The zero-order chi connectivity index (χ0) is 13.1. The van der Waals surface area contributed by atoms with E-state index in [1.165, 1.54) is 12.3 Å². The molecule has 0 aromatic carbocycles. The van der Waals surface area contributed by atoms with Crippen molar-refractivity contribution in [3.05, 3.63) is 24.1 Å². The lowest BCUT2D eigenvalue weighted by atomic mass is 10.1. The van der Waals surface area contributed by atoms with Gasteiger partial charge in [-0.1, -0.05) is 13.8 Å². The predicted molar refractivity (Wildman–Crippen MR) is 62.2 cm³/mol. The monoisotopic (exact) mass is 261 g/mol. The van der Waals surface area contributed by atoms with Crippen LogP contribution in [-0.4, -0.2) is 26.0 Å². The third-order valence-electron chi connectivity index (χ3n) is 2.34. The molecule has 0 aliphatic rings. The summed E-state index contributed by atoms with van der Waals surface area (Å²) in [6.45, 7) is 3.80. The molecule has 1 aromatic rings. The fraction of sp³-hybridized carbons (Fsp3) is 0.500. The standard InChI is InChI=1S/C10H16FN3O2S/c1-7(2)9(6-12)14-17(15,16)10-8(11)4-3-5-13-10/h3-5,7,9,14H,6,12H2,1-2H3. The Hall–Kier alpha value is -1.05. The van der Waals surface area contributed by atoms with Crippen molar-refractivity contribution in [2.75, 3.05) is 6.54 Å². The van der Waals surface area contributed by atoms with Gasteiger partial charge in [0, 0.05) is 18.8 Å². The van der Waals surface area contributed by atoms with E-state index < -0.39 is 26.9 Å². The molecule has 1 atom stereocenters. The second kappa shape index (κ2) is 5.52. The maximum Gasteiger partial charge on any atom is 0.261 e. The number of pyridine rings is 1. The minimum Gasteiger partial charge on any atom is -0.329 e. The molecule has 0 aliphatic heterocycles. The first-order valence-electron chi connectivity index (χ1n) is 5.21. The summed E-state index contributed by atoms with van der Waals surface area (Å²) in [6, 6.07) is 1.94. The lowest BCUT2D eigenvalue weighted by Gasteiger charge is -2.20. The molecule has 0 saturated heterocycles. The van der Waals surface area contributed by atoms with Gasteiger partial charge in [-0.2, -0.15) is 0 Å². The molecule has 7 heteroatoms. The van der Waals surface area contributed by atoms with Crippen molar-refractivity contribution < 1.29 is 12.8 Å². The van der Waals surface area contributed by atoms with Crippen molar-refractivity contribution in [3.8, 4) is 0 Å². The average molecular weight is 261 g/mol. The molecule has 1 unspecified atom stereocenters. The van der Waals surface area contributed by atoms with Gasteiger partial charge in [0.1, 0.15) is 0 Å². The molecular weight excluding hydrogens is 245 g/mol. The van der Waals surface area contributed by atoms with Crippen molar-refractivity contribution in [1.82, 2.24) is 9.71 Å². The number of halogens is 1. The quantitative estimate of drug-likeness (QED) is 0.807. The van der Waals surface area contributed by atoms with Gasteiger partial charge in [0.25, 0.3) is 10.0 Å². The Morgan fingerprint density at radius 3 is 2.65 bits per heavy atom. The summed E-state index contributed by atoms with van der Waals surface area (Å²) in [5, 5.41) is -0.598. The summed E-state index contributed by atoms with van der Waals surface area (Å²) >= 11 is 0. The van der Waals surface area contributed by atoms with E-state index in [1.54, 1.807) is 0 Å². The van der Waals surface area contributed by atoms with Crippen LogP contribution in [0.4, 0.5) is 4.39 Å². The van der Waals surface area contributed by atoms with Crippen LogP contribution in [-0.2, 0) is 10.0 Å². The zero-order valence-electron chi connectivity index (χ0n) is 9.72. The molecule has 0 saturated carbocycles. The van der Waals surface area contributed by atoms with Crippen LogP contribution in [0.5, 0.6) is 0 Å². The van der Waals surface area contributed by atoms with Gasteiger partial charge in [-0.3, -0.25) is 0 Å². The van der Waals surface area contributed by atoms with Crippen molar-refractivity contribution in [2.24, 2.45) is 11.7 Å². The number of hydrogen-bond donors (Lipinski definition) is 2. The van der Waals surface area contributed by atoms with E-state index in [0.29, 0.717) is 0 Å². The Balaban J connectivity index is 3.01. The van der Waals surface area contributed by atoms with Crippen LogP contribution in [0, 0.1) is 11.7 Å². The maximum atomic E-state index is 13.3. The van der Waals surface area contributed by atoms with Crippen LogP contribution < -0.4 is 10.5 Å². The Bertz CT molecular complexity index is 476. The number of nitrogens with one attached hydrogen (secondary N) is 1. The van der Waals surface area contributed by atoms with Crippen LogP contribution in [0.2, 0.25) is 0 Å². The molecule has 1 rings (SSSR count). The van der Waals surface area contributed by atoms with E-state index in [4.69, 9.17) is 5.73 Å². The number of nitrogens with zero attached hydrogens (tertiary/aromatic N) is 1. The largest absolute Gasteiger partial charge is 0.329 e. The highest BCUT2D eigenvalue weighted by atomic mass is 32.2. The second-order valence-corrected chi connectivity index (χ2v) is 5.63. The van der Waals surface area contributed by atoms with Gasteiger partial charge in [-0.25, -0.2) is 22.5 Å². The fourth-order valence-corrected chi connectivity index (χ4v) is 2.68. The van der Waals surface area contributed by atoms with E-state index in [1.807, 2.05) is 13.8 Å². The summed E-state index contributed by atoms with van der Waals surface area (Å²) in [6.07, 6.45) is 1.23. The van der Waals surface area contributed by atoms with Gasteiger partial charge in [0.05, 0.1) is 0 Å². The SMILES string of the molecule is CC(C)C(CN)NS(=O)(=O)c1ncccc1F. The third kappa shape index (κ3) is 3.45. The van der Waals surface area contributed by atoms with E-state index >= 15 is 0 Å². The Labute approximate surface area is 100 Å². The zero-order valence-corrected chi connectivity index (χ0v) is 10.5. The van der Waals surface area contributed by atoms with Gasteiger partial charge in [-0.15, -0.1) is 0 Å². The van der Waals surface area contributed by atoms with Gasteiger partial charge in [0.2, 0.25) is 5.03 Å². The molecule has 0 bridgehead atoms. The lowest BCUT2D eigenvalue weighted by molar-refractivity contribution is 0.450. The first-order chi connectivity index (χ1) is 7.88. The summed E-state index contributed by atoms with van der Waals surface area (Å²) in [7, 11) is -3.96. The number of nitrogens with two attached hydrogens (primary N) is 1. The molecule has 3 N–H and O–H groups in total. The van der Waals surface area contributed by atoms with E-state index in [0.717, 1.165) is 6.07 Å². The summed E-state index contributed by atoms with van der Waals surface area (Å²) in [5.74, 6) is -0.860. The fourth-order valence-electron chi connectivity index (χ4n) is 1.28. The van der Waals surface area contributed by atoms with E-state index in [-0.39, 0.29) is 12.5 Å². The molecular formula is C10H16FN3O2S. The third-order valence-corrected chi connectivity index (χ3v) is 3.77. The first-order valence-corrected chi connectivity index (χ1v) is 6.69. The van der Waals surface area contributed by atoms with E-state index in [2.05, 4.69) is 9.71 Å². The number of sulfonamides is 1. The van der Waals surface area contributed by atoms with E-state index in [9.17, 15) is 12.8 Å². The molecule has 1 aromatic heterocycles. The molecule has 0 spiro atoms. The van der Waals surface area contributed by atoms with Gasteiger partial charge >= 0.3 is 0 Å². The summed E-state index contributed by atoms with van der Waals surface area (Å²) in [4.78, 5) is 3.53. The highest BCUT2D eigenvalue weighted by molar-refractivity contribution is 7.89. The molecule has 1 heterocycles. The number of hydrogen-bond acceptors (Lipinski definition) is 4. The Morgan fingerprint density at radius 2 is 2.18 bits per heavy atom. The average Bonchev–Trinajstić information content (AvgIpc) is 2.26. The van der Waals surface area contributed by atoms with Crippen molar-refractivity contribution in [3.63, 3.8) is 0 Å². The smallest absolute Gasteiger partial charge is 0.261 e. The molecule has 0 amide bonds. The van der Waals surface area contributed by atoms with Crippen LogP contribution in [0.15, 0.2) is 23.4 Å². The minimum absolute atomic E-state index is 0.0153. The van der Waals surface area contributed by atoms with Crippen molar-refractivity contribution in [2.45, 2.75) is 24.9 Å². The van der Waals surface area contributed by atoms with Crippen LogP contribution >= 0.6 is 0 Å². The first kappa shape index (κ1) is 14.0.